The van der Waals surface area contributed by atoms with E-state index in [9.17, 15) is 4.79 Å². The Kier molecular flexibility index (Phi) is 5.02. The van der Waals surface area contributed by atoms with Gasteiger partial charge in [0.05, 0.1) is 11.0 Å². The largest absolute Gasteiger partial charge is 0.304 e. The van der Waals surface area contributed by atoms with E-state index in [1.165, 1.54) is 5.56 Å². The average molecular weight is 405 g/mol. The molecule has 24 heavy (non-hydrogen) atoms. The highest BCUT2D eigenvalue weighted by Gasteiger charge is 2.12. The molecule has 1 heterocycles. The van der Waals surface area contributed by atoms with E-state index in [1.807, 2.05) is 18.3 Å². The van der Waals surface area contributed by atoms with E-state index >= 15 is 0 Å². The van der Waals surface area contributed by atoms with Gasteiger partial charge in [-0.1, -0.05) is 47.5 Å². The second-order valence-electron chi connectivity index (χ2n) is 5.48. The van der Waals surface area contributed by atoms with Crippen LogP contribution in [-0.4, -0.2) is 15.7 Å². The first-order valence-electron chi connectivity index (χ1n) is 7.37. The van der Waals surface area contributed by atoms with Crippen molar-refractivity contribution < 1.29 is 4.79 Å². The highest BCUT2D eigenvalue weighted by atomic mass is 79.9. The monoisotopic (exact) mass is 403 g/mol. The third-order valence-corrected chi connectivity index (χ3v) is 4.28. The molecule has 4 nitrogen and oxygen atoms in total. The van der Waals surface area contributed by atoms with Crippen LogP contribution < -0.4 is 5.32 Å². The van der Waals surface area contributed by atoms with Crippen LogP contribution in [0.2, 0.25) is 5.02 Å². The van der Waals surface area contributed by atoms with Gasteiger partial charge in [0.2, 0.25) is 0 Å². The number of hydrogen-bond acceptors (Lipinski definition) is 2. The lowest BCUT2D eigenvalue weighted by molar-refractivity contribution is 0.102. The molecule has 3 aromatic rings. The molecule has 6 heteroatoms. The number of amides is 1. The number of nitrogens with one attached hydrogen (secondary N) is 1. The highest BCUT2D eigenvalue weighted by molar-refractivity contribution is 9.10. The Morgan fingerprint density at radius 2 is 2.04 bits per heavy atom. The fourth-order valence-corrected chi connectivity index (χ4v) is 2.97. The number of rotatable bonds is 4. The molecular weight excluding hydrogens is 390 g/mol. The van der Waals surface area contributed by atoms with Crippen LogP contribution in [0.5, 0.6) is 0 Å². The summed E-state index contributed by atoms with van der Waals surface area (Å²) in [5, 5.41) is 7.74. The molecule has 0 aliphatic carbocycles. The maximum Gasteiger partial charge on any atom is 0.256 e. The summed E-state index contributed by atoms with van der Waals surface area (Å²) in [6.07, 6.45) is 1.84. The van der Waals surface area contributed by atoms with Gasteiger partial charge in [0.1, 0.15) is 0 Å². The molecule has 0 saturated heterocycles. The van der Waals surface area contributed by atoms with E-state index in [0.29, 0.717) is 22.9 Å². The van der Waals surface area contributed by atoms with Crippen LogP contribution in [0.4, 0.5) is 5.82 Å². The van der Waals surface area contributed by atoms with E-state index in [2.05, 4.69) is 45.4 Å². The molecule has 2 aromatic carbocycles. The maximum atomic E-state index is 12.3. The predicted molar refractivity (Wildman–Crippen MR) is 99.6 cm³/mol. The molecular formula is C18H15BrClN3O. The van der Waals surface area contributed by atoms with E-state index in [1.54, 1.807) is 28.9 Å². The van der Waals surface area contributed by atoms with Crippen LogP contribution in [0.15, 0.2) is 59.2 Å². The quantitative estimate of drug-likeness (QED) is 0.672. The number of halogens is 2. The number of carbonyl (C=O) groups excluding carboxylic acids is 1. The van der Waals surface area contributed by atoms with E-state index in [0.717, 1.165) is 10.0 Å². The number of benzene rings is 2. The number of aromatic nitrogens is 2. The summed E-state index contributed by atoms with van der Waals surface area (Å²) in [6, 6.07) is 15.0. The van der Waals surface area contributed by atoms with Gasteiger partial charge in [-0.2, -0.15) is 5.10 Å². The Balaban J connectivity index is 1.75. The summed E-state index contributed by atoms with van der Waals surface area (Å²) < 4.78 is 2.51. The van der Waals surface area contributed by atoms with Gasteiger partial charge in [-0.3, -0.25) is 9.48 Å². The van der Waals surface area contributed by atoms with Gasteiger partial charge in [0.25, 0.3) is 5.91 Å². The first-order chi connectivity index (χ1) is 11.5. The first-order valence-corrected chi connectivity index (χ1v) is 8.54. The van der Waals surface area contributed by atoms with Crippen molar-refractivity contribution in [3.63, 3.8) is 0 Å². The summed E-state index contributed by atoms with van der Waals surface area (Å²) in [4.78, 5) is 12.3. The summed E-state index contributed by atoms with van der Waals surface area (Å²) in [6.45, 7) is 2.69. The van der Waals surface area contributed by atoms with Crippen molar-refractivity contribution in [3.05, 3.63) is 80.9 Å². The molecule has 0 unspecified atom stereocenters. The molecule has 1 N–H and O–H groups in total. The third-order valence-electron chi connectivity index (χ3n) is 3.46. The van der Waals surface area contributed by atoms with Gasteiger partial charge in [-0.05, 0) is 46.6 Å². The number of hydrogen-bond donors (Lipinski definition) is 1. The van der Waals surface area contributed by atoms with Crippen molar-refractivity contribution >= 4 is 39.3 Å². The Morgan fingerprint density at radius 1 is 1.25 bits per heavy atom. The van der Waals surface area contributed by atoms with Crippen LogP contribution >= 0.6 is 27.5 Å². The minimum absolute atomic E-state index is 0.251. The zero-order valence-electron chi connectivity index (χ0n) is 13.0. The minimum Gasteiger partial charge on any atom is -0.304 e. The van der Waals surface area contributed by atoms with Crippen LogP contribution in [0, 0.1) is 6.92 Å². The summed E-state index contributed by atoms with van der Waals surface area (Å²) in [7, 11) is 0. The second kappa shape index (κ2) is 7.20. The molecule has 0 spiro atoms. The van der Waals surface area contributed by atoms with Crippen LogP contribution in [0.1, 0.15) is 21.5 Å². The smallest absolute Gasteiger partial charge is 0.256 e. The summed E-state index contributed by atoms with van der Waals surface area (Å²) in [5.74, 6) is 0.228. The Hall–Kier alpha value is -2.11. The van der Waals surface area contributed by atoms with Crippen LogP contribution in [-0.2, 0) is 6.54 Å². The molecule has 0 aliphatic rings. The van der Waals surface area contributed by atoms with Gasteiger partial charge in [-0.25, -0.2) is 0 Å². The van der Waals surface area contributed by atoms with Gasteiger partial charge in [0, 0.05) is 16.8 Å². The van der Waals surface area contributed by atoms with E-state index < -0.39 is 0 Å². The molecule has 0 bridgehead atoms. The van der Waals surface area contributed by atoms with Gasteiger partial charge < -0.3 is 5.32 Å². The summed E-state index contributed by atoms with van der Waals surface area (Å²) >= 11 is 9.36. The number of anilines is 1. The normalized spacial score (nSPS) is 10.6. The molecule has 0 aliphatic heterocycles. The van der Waals surface area contributed by atoms with Crippen molar-refractivity contribution in [2.45, 2.75) is 13.5 Å². The molecule has 1 aromatic heterocycles. The fraction of sp³-hybridized carbons (Fsp3) is 0.111. The average Bonchev–Trinajstić information content (AvgIpc) is 2.86. The zero-order valence-corrected chi connectivity index (χ0v) is 15.3. The Labute approximate surface area is 153 Å². The standard InChI is InChI=1S/C18H15BrClN3O/c1-12-4-2-5-13(8-12)10-23-11-16(19)17(22-23)21-18(24)14-6-3-7-15(20)9-14/h2-9,11H,10H2,1H3,(H,21,22,24). The maximum absolute atomic E-state index is 12.3. The van der Waals surface area contributed by atoms with Gasteiger partial charge in [-0.15, -0.1) is 0 Å². The molecule has 3 rings (SSSR count). The van der Waals surface area contributed by atoms with E-state index in [4.69, 9.17) is 11.6 Å². The number of nitrogens with zero attached hydrogens (tertiary/aromatic N) is 2. The molecule has 0 saturated carbocycles. The predicted octanol–water partition coefficient (Wildman–Crippen LogP) is 4.91. The van der Waals surface area contributed by atoms with E-state index in [-0.39, 0.29) is 5.91 Å². The minimum atomic E-state index is -0.251. The van der Waals surface area contributed by atoms with Crippen molar-refractivity contribution in [3.8, 4) is 0 Å². The highest BCUT2D eigenvalue weighted by Crippen LogP contribution is 2.22. The van der Waals surface area contributed by atoms with Crippen LogP contribution in [0.25, 0.3) is 0 Å². The van der Waals surface area contributed by atoms with Crippen LogP contribution in [0.3, 0.4) is 0 Å². The van der Waals surface area contributed by atoms with Crippen molar-refractivity contribution in [1.29, 1.82) is 0 Å². The van der Waals surface area contributed by atoms with Crippen molar-refractivity contribution in [2.75, 3.05) is 5.32 Å². The number of aryl methyl sites for hydroxylation is 1. The SMILES string of the molecule is Cc1cccc(Cn2cc(Br)c(NC(=O)c3cccc(Cl)c3)n2)c1. The second-order valence-corrected chi connectivity index (χ2v) is 6.77. The Morgan fingerprint density at radius 3 is 2.79 bits per heavy atom. The molecule has 1 amide bonds. The third kappa shape index (κ3) is 4.04. The molecule has 0 atom stereocenters. The zero-order chi connectivity index (χ0) is 17.1. The number of carbonyl (C=O) groups is 1. The van der Waals surface area contributed by atoms with Crippen molar-refractivity contribution in [1.82, 2.24) is 9.78 Å². The molecule has 0 fully saturated rings. The lowest BCUT2D eigenvalue weighted by Crippen LogP contribution is -2.13. The van der Waals surface area contributed by atoms with Gasteiger partial charge >= 0.3 is 0 Å². The van der Waals surface area contributed by atoms with Gasteiger partial charge in [0.15, 0.2) is 5.82 Å². The Bertz CT molecular complexity index is 891. The lowest BCUT2D eigenvalue weighted by atomic mass is 10.1. The summed E-state index contributed by atoms with van der Waals surface area (Å²) in [5.41, 5.74) is 2.84. The topological polar surface area (TPSA) is 46.9 Å². The van der Waals surface area contributed by atoms with Crippen molar-refractivity contribution in [2.24, 2.45) is 0 Å². The molecule has 122 valence electrons. The molecule has 0 radical (unpaired) electrons. The fourth-order valence-electron chi connectivity index (χ4n) is 2.37. The lowest BCUT2D eigenvalue weighted by Gasteiger charge is -2.04. The first kappa shape index (κ1) is 16.7.